The average molecular weight is 347 g/mol. The molecule has 0 spiro atoms. The van der Waals surface area contributed by atoms with Crippen LogP contribution >= 0.6 is 22.7 Å². The van der Waals surface area contributed by atoms with Crippen LogP contribution in [0.5, 0.6) is 0 Å². The first kappa shape index (κ1) is 15.3. The Morgan fingerprint density at radius 1 is 1.22 bits per heavy atom. The van der Waals surface area contributed by atoms with Crippen LogP contribution in [0.1, 0.15) is 20.8 Å². The molecule has 2 heterocycles. The van der Waals surface area contributed by atoms with Gasteiger partial charge < -0.3 is 11.1 Å². The third-order valence-electron chi connectivity index (χ3n) is 2.99. The highest BCUT2D eigenvalue weighted by Crippen LogP contribution is 2.26. The van der Waals surface area contributed by atoms with Crippen LogP contribution in [0.15, 0.2) is 40.4 Å². The first-order valence-electron chi connectivity index (χ1n) is 6.43. The Bertz CT molecular complexity index is 875. The lowest BCUT2D eigenvalue weighted by Gasteiger charge is -2.05. The van der Waals surface area contributed by atoms with Gasteiger partial charge in [-0.1, -0.05) is 0 Å². The monoisotopic (exact) mass is 347 g/mol. The van der Waals surface area contributed by atoms with Crippen molar-refractivity contribution in [2.75, 3.05) is 5.32 Å². The summed E-state index contributed by atoms with van der Waals surface area (Å²) in [4.78, 5) is 27.6. The Hall–Kier alpha value is -2.58. The lowest BCUT2D eigenvalue weighted by atomic mass is 10.1. The van der Waals surface area contributed by atoms with Crippen molar-refractivity contribution in [2.24, 2.45) is 5.73 Å². The minimum absolute atomic E-state index is 0.251. The molecule has 116 valence electrons. The molecule has 0 radical (unpaired) electrons. The molecule has 3 rings (SSSR count). The van der Waals surface area contributed by atoms with E-state index in [0.29, 0.717) is 0 Å². The summed E-state index contributed by atoms with van der Waals surface area (Å²) in [6.07, 6.45) is 0. The smallest absolute Gasteiger partial charge is 0.275 e. The number of halogens is 1. The van der Waals surface area contributed by atoms with Gasteiger partial charge >= 0.3 is 0 Å². The number of nitrogens with two attached hydrogens (primary N) is 1. The minimum atomic E-state index is -0.896. The number of carbonyl (C=O) groups excluding carboxylic acids is 2. The van der Waals surface area contributed by atoms with Gasteiger partial charge in [-0.3, -0.25) is 9.59 Å². The summed E-state index contributed by atoms with van der Waals surface area (Å²) in [6.45, 7) is 0. The van der Waals surface area contributed by atoms with Gasteiger partial charge in [0.2, 0.25) is 0 Å². The lowest BCUT2D eigenvalue weighted by molar-refractivity contribution is 0.0992. The molecule has 0 aliphatic heterocycles. The minimum Gasteiger partial charge on any atom is -0.366 e. The molecule has 0 saturated heterocycles. The number of anilines is 1. The number of carbonyl (C=O) groups is 2. The first-order chi connectivity index (χ1) is 11.0. The van der Waals surface area contributed by atoms with E-state index in [9.17, 15) is 14.0 Å². The molecule has 8 heteroatoms. The number of nitrogens with one attached hydrogen (secondary N) is 1. The lowest BCUT2D eigenvalue weighted by Crippen LogP contribution is -2.16. The van der Waals surface area contributed by atoms with E-state index in [0.717, 1.165) is 16.6 Å². The Morgan fingerprint density at radius 3 is 2.74 bits per heavy atom. The maximum Gasteiger partial charge on any atom is 0.275 e. The second-order valence-corrected chi connectivity index (χ2v) is 6.20. The highest BCUT2D eigenvalue weighted by atomic mass is 32.1. The Morgan fingerprint density at radius 2 is 2.04 bits per heavy atom. The number of benzene rings is 1. The van der Waals surface area contributed by atoms with Crippen LogP contribution in [0.2, 0.25) is 0 Å². The maximum atomic E-state index is 13.4. The highest BCUT2D eigenvalue weighted by Gasteiger charge is 2.14. The van der Waals surface area contributed by atoms with Crippen molar-refractivity contribution in [1.29, 1.82) is 0 Å². The van der Waals surface area contributed by atoms with E-state index < -0.39 is 17.6 Å². The summed E-state index contributed by atoms with van der Waals surface area (Å²) >= 11 is 2.90. The normalized spacial score (nSPS) is 10.5. The summed E-state index contributed by atoms with van der Waals surface area (Å²) in [6, 6.07) is 5.55. The Labute approximate surface area is 138 Å². The molecule has 0 aliphatic rings. The van der Waals surface area contributed by atoms with Gasteiger partial charge in [-0.2, -0.15) is 11.3 Å². The molecule has 0 saturated carbocycles. The molecule has 3 aromatic rings. The Balaban J connectivity index is 1.80. The molecule has 2 amide bonds. The van der Waals surface area contributed by atoms with Crippen LogP contribution < -0.4 is 11.1 Å². The van der Waals surface area contributed by atoms with Crippen LogP contribution in [-0.2, 0) is 0 Å². The zero-order valence-electron chi connectivity index (χ0n) is 11.6. The van der Waals surface area contributed by atoms with Crippen LogP contribution in [0.4, 0.5) is 10.1 Å². The molecule has 0 unspecified atom stereocenters. The van der Waals surface area contributed by atoms with Crippen molar-refractivity contribution in [1.82, 2.24) is 4.98 Å². The van der Waals surface area contributed by atoms with Gasteiger partial charge in [0.15, 0.2) is 0 Å². The number of hydrogen-bond donors (Lipinski definition) is 2. The van der Waals surface area contributed by atoms with Gasteiger partial charge in [0.1, 0.15) is 16.5 Å². The van der Waals surface area contributed by atoms with Gasteiger partial charge in [0.05, 0.1) is 5.56 Å². The number of thiazole rings is 1. The zero-order valence-corrected chi connectivity index (χ0v) is 13.2. The largest absolute Gasteiger partial charge is 0.366 e. The third-order valence-corrected chi connectivity index (χ3v) is 4.57. The molecular weight excluding hydrogens is 337 g/mol. The predicted octanol–water partition coefficient (Wildman–Crippen LogP) is 3.36. The average Bonchev–Trinajstić information content (AvgIpc) is 3.19. The predicted molar refractivity (Wildman–Crippen MR) is 88.3 cm³/mol. The number of thiophene rings is 1. The van der Waals surface area contributed by atoms with Crippen LogP contribution in [-0.4, -0.2) is 16.8 Å². The SMILES string of the molecule is NC(=O)c1cc(NC(=O)c2csc(-c3ccsc3)n2)ccc1F. The fourth-order valence-corrected chi connectivity index (χ4v) is 3.40. The van der Waals surface area contributed by atoms with Crippen LogP contribution in [0.25, 0.3) is 10.6 Å². The number of rotatable bonds is 4. The highest BCUT2D eigenvalue weighted by molar-refractivity contribution is 7.14. The maximum absolute atomic E-state index is 13.4. The molecule has 3 N–H and O–H groups in total. The number of amides is 2. The number of hydrogen-bond acceptors (Lipinski definition) is 5. The molecular formula is C15H10FN3O2S2. The van der Waals surface area contributed by atoms with Gasteiger partial charge in [0.25, 0.3) is 11.8 Å². The molecule has 0 aliphatic carbocycles. The van der Waals surface area contributed by atoms with E-state index in [1.807, 2.05) is 16.8 Å². The van der Waals surface area contributed by atoms with Crippen LogP contribution in [0.3, 0.4) is 0 Å². The van der Waals surface area contributed by atoms with Gasteiger partial charge in [-0.25, -0.2) is 9.37 Å². The van der Waals surface area contributed by atoms with Crippen molar-refractivity contribution in [3.05, 3.63) is 57.5 Å². The van der Waals surface area contributed by atoms with Crippen molar-refractivity contribution < 1.29 is 14.0 Å². The molecule has 2 aromatic heterocycles. The Kier molecular flexibility index (Phi) is 4.18. The van der Waals surface area contributed by atoms with E-state index in [2.05, 4.69) is 10.3 Å². The van der Waals surface area contributed by atoms with E-state index >= 15 is 0 Å². The van der Waals surface area contributed by atoms with Gasteiger partial charge in [-0.15, -0.1) is 11.3 Å². The molecule has 0 bridgehead atoms. The number of nitrogens with zero attached hydrogens (tertiary/aromatic N) is 1. The molecule has 1 aromatic carbocycles. The summed E-state index contributed by atoms with van der Waals surface area (Å²) in [7, 11) is 0. The van der Waals surface area contributed by atoms with E-state index in [1.54, 1.807) is 16.7 Å². The molecule has 5 nitrogen and oxygen atoms in total. The fraction of sp³-hybridized carbons (Fsp3) is 0. The molecule has 23 heavy (non-hydrogen) atoms. The van der Waals surface area contributed by atoms with Crippen molar-refractivity contribution in [3.63, 3.8) is 0 Å². The van der Waals surface area contributed by atoms with E-state index in [4.69, 9.17) is 5.73 Å². The van der Waals surface area contributed by atoms with Gasteiger partial charge in [0, 0.05) is 22.0 Å². The molecule has 0 fully saturated rings. The molecule has 0 atom stereocenters. The van der Waals surface area contributed by atoms with Crippen molar-refractivity contribution in [2.45, 2.75) is 0 Å². The summed E-state index contributed by atoms with van der Waals surface area (Å²) in [5.74, 6) is -2.07. The van der Waals surface area contributed by atoms with Gasteiger partial charge in [-0.05, 0) is 29.6 Å². The fourth-order valence-electron chi connectivity index (χ4n) is 1.88. The van der Waals surface area contributed by atoms with E-state index in [-0.39, 0.29) is 16.9 Å². The van der Waals surface area contributed by atoms with E-state index in [1.165, 1.54) is 23.5 Å². The van der Waals surface area contributed by atoms with Crippen molar-refractivity contribution >= 4 is 40.2 Å². The van der Waals surface area contributed by atoms with Crippen LogP contribution in [0, 0.1) is 5.82 Å². The topological polar surface area (TPSA) is 85.1 Å². The number of aromatic nitrogens is 1. The first-order valence-corrected chi connectivity index (χ1v) is 8.25. The summed E-state index contributed by atoms with van der Waals surface area (Å²) in [5, 5.41) is 8.83. The van der Waals surface area contributed by atoms with Crippen molar-refractivity contribution in [3.8, 4) is 10.6 Å². The summed E-state index contributed by atoms with van der Waals surface area (Å²) < 4.78 is 13.4. The second kappa shape index (κ2) is 6.27. The zero-order chi connectivity index (χ0) is 16.4. The standard InChI is InChI=1S/C15H10FN3O2S2/c16-11-2-1-9(5-10(11)13(17)20)18-14(21)12-7-23-15(19-12)8-3-4-22-6-8/h1-7H,(H2,17,20)(H,18,21). The second-order valence-electron chi connectivity index (χ2n) is 4.56. The quantitative estimate of drug-likeness (QED) is 0.759. The summed E-state index contributed by atoms with van der Waals surface area (Å²) in [5.41, 5.74) is 6.28. The number of primary amides is 1. The third kappa shape index (κ3) is 3.27.